The van der Waals surface area contributed by atoms with Crippen LogP contribution in [0.5, 0.6) is 11.5 Å². The van der Waals surface area contributed by atoms with Gasteiger partial charge in [0.1, 0.15) is 12.8 Å². The number of nitrogens with zero attached hydrogens (tertiary/aromatic N) is 1. The second-order valence-corrected chi connectivity index (χ2v) is 8.35. The lowest BCUT2D eigenvalue weighted by Gasteiger charge is -2.38. The number of methoxy groups -OCH3 is 1. The van der Waals surface area contributed by atoms with Gasteiger partial charge in [-0.25, -0.2) is 0 Å². The van der Waals surface area contributed by atoms with Gasteiger partial charge >= 0.3 is 0 Å². The topological polar surface area (TPSA) is 50.8 Å². The van der Waals surface area contributed by atoms with Gasteiger partial charge in [-0.3, -0.25) is 4.79 Å². The third-order valence-electron chi connectivity index (χ3n) is 5.36. The maximum absolute atomic E-state index is 13.2. The van der Waals surface area contributed by atoms with E-state index >= 15 is 0 Å². The lowest BCUT2D eigenvalue weighted by molar-refractivity contribution is 0.0666. The monoisotopic (exact) mass is 406 g/mol. The molecule has 3 aromatic rings. The minimum atomic E-state index is -0.217. The number of ether oxygens (including phenoxy) is 2. The fourth-order valence-corrected chi connectivity index (χ4v) is 4.38. The molecular formula is C23H22N2O3S. The normalized spacial score (nSPS) is 18.2. The summed E-state index contributed by atoms with van der Waals surface area (Å²) < 4.78 is 11.6. The summed E-state index contributed by atoms with van der Waals surface area (Å²) in [6, 6.07) is 18.0. The molecule has 2 aromatic carbocycles. The molecule has 0 radical (unpaired) electrons. The Morgan fingerprint density at radius 2 is 1.97 bits per heavy atom. The van der Waals surface area contributed by atoms with Crippen molar-refractivity contribution in [3.05, 3.63) is 76.0 Å². The molecule has 2 heterocycles. The molecule has 5 nitrogen and oxygen atoms in total. The van der Waals surface area contributed by atoms with E-state index in [4.69, 9.17) is 9.47 Å². The van der Waals surface area contributed by atoms with Crippen molar-refractivity contribution in [2.45, 2.75) is 31.7 Å². The van der Waals surface area contributed by atoms with Crippen LogP contribution < -0.4 is 14.8 Å². The van der Waals surface area contributed by atoms with Crippen molar-refractivity contribution in [3.8, 4) is 11.5 Å². The summed E-state index contributed by atoms with van der Waals surface area (Å²) in [4.78, 5) is 16.3. The number of amides is 1. The number of rotatable bonds is 6. The number of anilines is 1. The van der Waals surface area contributed by atoms with E-state index in [9.17, 15) is 4.79 Å². The SMILES string of the molecule is COc1cc(C2Nc3ccccc3C(=O)N2C2CC2)ccc1OCc1cccs1. The zero-order valence-electron chi connectivity index (χ0n) is 16.1. The van der Waals surface area contributed by atoms with Crippen molar-refractivity contribution in [3.63, 3.8) is 0 Å². The highest BCUT2D eigenvalue weighted by molar-refractivity contribution is 7.09. The lowest BCUT2D eigenvalue weighted by atomic mass is 10.0. The number of para-hydroxylation sites is 1. The molecule has 1 atom stereocenters. The zero-order valence-corrected chi connectivity index (χ0v) is 16.9. The van der Waals surface area contributed by atoms with Gasteiger partial charge in [0, 0.05) is 16.6 Å². The predicted molar refractivity (Wildman–Crippen MR) is 114 cm³/mol. The van der Waals surface area contributed by atoms with Crippen molar-refractivity contribution < 1.29 is 14.3 Å². The molecule has 1 unspecified atom stereocenters. The molecule has 0 saturated heterocycles. The smallest absolute Gasteiger partial charge is 0.258 e. The second kappa shape index (κ2) is 7.44. The van der Waals surface area contributed by atoms with Crippen molar-refractivity contribution in [2.24, 2.45) is 0 Å². The number of hydrogen-bond acceptors (Lipinski definition) is 5. The standard InChI is InChI=1S/C23H22N2O3S/c1-27-21-13-15(8-11-20(21)28-14-17-5-4-12-29-17)22-24-19-7-3-2-6-18(19)23(26)25(22)16-9-10-16/h2-8,11-13,16,22,24H,9-10,14H2,1H3. The number of carbonyl (C=O) groups excluding carboxylic acids is 1. The first kappa shape index (κ1) is 18.1. The summed E-state index contributed by atoms with van der Waals surface area (Å²) in [6.45, 7) is 0.509. The van der Waals surface area contributed by atoms with Crippen molar-refractivity contribution in [2.75, 3.05) is 12.4 Å². The summed E-state index contributed by atoms with van der Waals surface area (Å²) in [7, 11) is 1.64. The molecule has 6 heteroatoms. The van der Waals surface area contributed by atoms with Crippen LogP contribution in [-0.4, -0.2) is 24.0 Å². The summed E-state index contributed by atoms with van der Waals surface area (Å²) in [5.41, 5.74) is 2.59. The van der Waals surface area contributed by atoms with Gasteiger partial charge in [-0.1, -0.05) is 24.3 Å². The molecule has 1 aromatic heterocycles. The van der Waals surface area contributed by atoms with Crippen LogP contribution in [0.3, 0.4) is 0 Å². The molecule has 29 heavy (non-hydrogen) atoms. The van der Waals surface area contributed by atoms with Crippen LogP contribution in [0.25, 0.3) is 0 Å². The van der Waals surface area contributed by atoms with E-state index in [-0.39, 0.29) is 18.1 Å². The quantitative estimate of drug-likeness (QED) is 0.621. The molecule has 2 aliphatic rings. The van der Waals surface area contributed by atoms with Crippen LogP contribution in [0.2, 0.25) is 0 Å². The average molecular weight is 407 g/mol. The minimum absolute atomic E-state index is 0.0869. The largest absolute Gasteiger partial charge is 0.493 e. The van der Waals surface area contributed by atoms with Crippen molar-refractivity contribution in [1.29, 1.82) is 0 Å². The molecule has 5 rings (SSSR count). The molecule has 1 saturated carbocycles. The Labute approximate surface area is 173 Å². The van der Waals surface area contributed by atoms with Gasteiger partial charge < -0.3 is 19.7 Å². The van der Waals surface area contributed by atoms with E-state index < -0.39 is 0 Å². The Balaban J connectivity index is 1.45. The molecule has 0 bridgehead atoms. The van der Waals surface area contributed by atoms with Gasteiger partial charge in [0.2, 0.25) is 0 Å². The molecule has 148 valence electrons. The average Bonchev–Trinajstić information content (AvgIpc) is 3.46. The maximum Gasteiger partial charge on any atom is 0.258 e. The zero-order chi connectivity index (χ0) is 19.8. The molecule has 1 N–H and O–H groups in total. The Morgan fingerprint density at radius 3 is 2.72 bits per heavy atom. The highest BCUT2D eigenvalue weighted by Gasteiger charge is 2.42. The highest BCUT2D eigenvalue weighted by Crippen LogP contribution is 2.42. The van der Waals surface area contributed by atoms with Crippen molar-refractivity contribution >= 4 is 22.9 Å². The highest BCUT2D eigenvalue weighted by atomic mass is 32.1. The van der Waals surface area contributed by atoms with Crippen LogP contribution in [-0.2, 0) is 6.61 Å². The van der Waals surface area contributed by atoms with Gasteiger partial charge in [0.15, 0.2) is 11.5 Å². The number of hydrogen-bond donors (Lipinski definition) is 1. The molecule has 1 aliphatic carbocycles. The van der Waals surface area contributed by atoms with E-state index in [2.05, 4.69) is 5.32 Å². The number of thiophene rings is 1. The predicted octanol–water partition coefficient (Wildman–Crippen LogP) is 5.06. The summed E-state index contributed by atoms with van der Waals surface area (Å²) in [6.07, 6.45) is 1.88. The Hall–Kier alpha value is -2.99. The van der Waals surface area contributed by atoms with Crippen LogP contribution in [0, 0.1) is 0 Å². The molecule has 1 fully saturated rings. The van der Waals surface area contributed by atoms with E-state index in [0.29, 0.717) is 18.1 Å². The molecule has 1 aliphatic heterocycles. The molecule has 1 amide bonds. The molecule has 0 spiro atoms. The van der Waals surface area contributed by atoms with Gasteiger partial charge in [-0.05, 0) is 54.1 Å². The van der Waals surface area contributed by atoms with Gasteiger partial charge in [0.05, 0.1) is 12.7 Å². The number of benzene rings is 2. The second-order valence-electron chi connectivity index (χ2n) is 7.31. The molecular weight excluding hydrogens is 384 g/mol. The fraction of sp³-hybridized carbons (Fsp3) is 0.261. The van der Waals surface area contributed by atoms with Crippen LogP contribution in [0.4, 0.5) is 5.69 Å². The summed E-state index contributed by atoms with van der Waals surface area (Å²) in [5, 5.41) is 5.59. The third-order valence-corrected chi connectivity index (χ3v) is 6.21. The Bertz CT molecular complexity index is 1030. The van der Waals surface area contributed by atoms with Crippen LogP contribution in [0.1, 0.15) is 39.8 Å². The Morgan fingerprint density at radius 1 is 1.10 bits per heavy atom. The number of carbonyl (C=O) groups is 1. The van der Waals surface area contributed by atoms with E-state index in [0.717, 1.165) is 34.5 Å². The Kier molecular flexibility index (Phi) is 4.64. The van der Waals surface area contributed by atoms with Crippen LogP contribution >= 0.6 is 11.3 Å². The van der Waals surface area contributed by atoms with Crippen molar-refractivity contribution in [1.82, 2.24) is 4.90 Å². The van der Waals surface area contributed by atoms with E-state index in [1.165, 1.54) is 0 Å². The number of nitrogens with one attached hydrogen (secondary N) is 1. The first-order chi connectivity index (χ1) is 14.2. The summed E-state index contributed by atoms with van der Waals surface area (Å²) in [5.74, 6) is 1.46. The number of fused-ring (bicyclic) bond motifs is 1. The minimum Gasteiger partial charge on any atom is -0.493 e. The maximum atomic E-state index is 13.2. The first-order valence-electron chi connectivity index (χ1n) is 9.76. The first-order valence-corrected chi connectivity index (χ1v) is 10.6. The fourth-order valence-electron chi connectivity index (χ4n) is 3.76. The van der Waals surface area contributed by atoms with Gasteiger partial charge in [-0.15, -0.1) is 11.3 Å². The van der Waals surface area contributed by atoms with Gasteiger partial charge in [0.25, 0.3) is 5.91 Å². The third kappa shape index (κ3) is 3.44. The van der Waals surface area contributed by atoms with E-state index in [1.807, 2.05) is 64.9 Å². The van der Waals surface area contributed by atoms with E-state index in [1.54, 1.807) is 18.4 Å². The van der Waals surface area contributed by atoms with Gasteiger partial charge in [-0.2, -0.15) is 0 Å². The van der Waals surface area contributed by atoms with Crippen LogP contribution in [0.15, 0.2) is 60.0 Å². The lowest BCUT2D eigenvalue weighted by Crippen LogP contribution is -2.44. The summed E-state index contributed by atoms with van der Waals surface area (Å²) >= 11 is 1.67.